The second-order valence-corrected chi connectivity index (χ2v) is 14.8. The first-order chi connectivity index (χ1) is 30.3. The van der Waals surface area contributed by atoms with Crippen molar-refractivity contribution in [1.82, 2.24) is 24.5 Å². The van der Waals surface area contributed by atoms with E-state index in [-0.39, 0.29) is 57.9 Å². The summed E-state index contributed by atoms with van der Waals surface area (Å²) in [6.07, 6.45) is -3.90. The van der Waals surface area contributed by atoms with Gasteiger partial charge in [0.15, 0.2) is 23.0 Å². The molecule has 0 spiro atoms. The number of fused-ring (bicyclic) bond motifs is 1. The third kappa shape index (κ3) is 11.5. The van der Waals surface area contributed by atoms with Crippen LogP contribution < -0.4 is 19.3 Å². The fourth-order valence-corrected chi connectivity index (χ4v) is 6.69. The molecule has 0 aliphatic rings. The van der Waals surface area contributed by atoms with Crippen LogP contribution in [0.3, 0.4) is 0 Å². The molecule has 0 bridgehead atoms. The number of hydrogen-bond donors (Lipinski definition) is 2. The third-order valence-corrected chi connectivity index (χ3v) is 9.80. The number of nitrogens with one attached hydrogen (secondary N) is 1. The van der Waals surface area contributed by atoms with Crippen LogP contribution >= 0.6 is 7.82 Å². The van der Waals surface area contributed by atoms with E-state index in [0.29, 0.717) is 34.3 Å². The van der Waals surface area contributed by atoms with E-state index < -0.39 is 62.1 Å². The number of carbonyl (C=O) groups excluding carboxylic acids is 4. The Labute approximate surface area is 359 Å². The van der Waals surface area contributed by atoms with Crippen molar-refractivity contribution in [1.29, 1.82) is 0 Å². The Hall–Kier alpha value is -7.42. The number of alkyl halides is 3. The molecule has 3 amide bonds. The van der Waals surface area contributed by atoms with E-state index in [0.717, 1.165) is 25.1 Å². The lowest BCUT2D eigenvalue weighted by molar-refractivity contribution is -0.274. The van der Waals surface area contributed by atoms with Crippen LogP contribution in [-0.4, -0.2) is 73.5 Å². The topological polar surface area (TPSA) is 219 Å². The van der Waals surface area contributed by atoms with Gasteiger partial charge in [0, 0.05) is 24.2 Å². The Morgan fingerprint density at radius 2 is 1.72 bits per heavy atom. The predicted octanol–water partition coefficient (Wildman–Crippen LogP) is 7.95. The first-order valence-electron chi connectivity index (χ1n) is 18.5. The van der Waals surface area contributed by atoms with Crippen LogP contribution in [0.25, 0.3) is 16.9 Å². The van der Waals surface area contributed by atoms with Crippen molar-refractivity contribution in [3.05, 3.63) is 131 Å². The number of aryl methyl sites for hydroxylation is 1. The number of hydrogen-bond acceptors (Lipinski definition) is 14. The molecule has 0 radical (unpaired) electrons. The molecular weight excluding hydrogens is 875 g/mol. The summed E-state index contributed by atoms with van der Waals surface area (Å²) in [5, 5.41) is 6.98. The van der Waals surface area contributed by atoms with Gasteiger partial charge in [-0.25, -0.2) is 32.9 Å². The Balaban J connectivity index is 1.23. The standard InChI is InChI=1S/C41H35F4N6O12P/c1-23-30(16-28(19-46-23)33-13-15-37-48-36(47-25(3)52)20-50(37)49-33)38(53)51(24(2)31-18-29(11-12-32(31)42)62-41(43,44)45)40(55)60-22-59-39(54)27-10-14-34(35(17-27)58-4)63-64(56,57)61-21-26-8-6-5-7-9-26/h5-20,24H,21-22H2,1-4H3,(H,47,52)(H,56,57). The lowest BCUT2D eigenvalue weighted by atomic mass is 10.0. The Kier molecular flexibility index (Phi) is 13.9. The summed E-state index contributed by atoms with van der Waals surface area (Å²) in [6, 6.07) is 16.5. The molecule has 6 aromatic rings. The minimum Gasteiger partial charge on any atom is -0.493 e. The molecule has 2 atom stereocenters. The van der Waals surface area contributed by atoms with E-state index in [4.69, 9.17) is 23.3 Å². The van der Waals surface area contributed by atoms with Gasteiger partial charge in [-0.1, -0.05) is 30.3 Å². The number of anilines is 1. The molecule has 18 nitrogen and oxygen atoms in total. The van der Waals surface area contributed by atoms with Crippen LogP contribution in [0.2, 0.25) is 0 Å². The summed E-state index contributed by atoms with van der Waals surface area (Å²) in [7, 11) is -3.52. The van der Waals surface area contributed by atoms with Crippen molar-refractivity contribution in [2.45, 2.75) is 39.8 Å². The van der Waals surface area contributed by atoms with Crippen LogP contribution in [0.1, 0.15) is 57.4 Å². The maximum absolute atomic E-state index is 15.3. The number of amides is 3. The van der Waals surface area contributed by atoms with Crippen molar-refractivity contribution >= 4 is 43.2 Å². The smallest absolute Gasteiger partial charge is 0.493 e. The lowest BCUT2D eigenvalue weighted by Crippen LogP contribution is -2.40. The molecule has 64 heavy (non-hydrogen) atoms. The molecule has 2 N–H and O–H groups in total. The Morgan fingerprint density at radius 3 is 2.42 bits per heavy atom. The number of imidazole rings is 1. The van der Waals surface area contributed by atoms with Crippen molar-refractivity contribution in [3.8, 4) is 28.5 Å². The van der Waals surface area contributed by atoms with Crippen LogP contribution in [0.15, 0.2) is 97.3 Å². The SMILES string of the molecule is COc1cc(C(=O)OCOC(=O)N(C(=O)c2cc(-c3ccc4nc(NC(C)=O)cn4n3)cnc2C)C(C)c2cc(OC(F)(F)F)ccc2F)ccc1OP(=O)(O)OCc1ccccc1. The van der Waals surface area contributed by atoms with Crippen molar-refractivity contribution < 1.29 is 74.2 Å². The number of rotatable bonds is 15. The number of pyridine rings is 1. The van der Waals surface area contributed by atoms with Gasteiger partial charge in [0.25, 0.3) is 5.91 Å². The quantitative estimate of drug-likeness (QED) is 0.0432. The molecule has 0 saturated heterocycles. The number of phosphoric ester groups is 1. The van der Waals surface area contributed by atoms with Gasteiger partial charge in [0.05, 0.1) is 48.5 Å². The highest BCUT2D eigenvalue weighted by Gasteiger charge is 2.36. The number of phosphoric acid groups is 1. The van der Waals surface area contributed by atoms with Gasteiger partial charge >= 0.3 is 26.2 Å². The fraction of sp³-hybridized carbons (Fsp3) is 0.195. The van der Waals surface area contributed by atoms with E-state index in [1.54, 1.807) is 36.4 Å². The molecule has 0 saturated carbocycles. The highest BCUT2D eigenvalue weighted by atomic mass is 31.2. The largest absolute Gasteiger partial charge is 0.573 e. The number of imide groups is 1. The molecule has 3 heterocycles. The molecule has 6 rings (SSSR count). The summed E-state index contributed by atoms with van der Waals surface area (Å²) in [5.74, 6) is -4.92. The zero-order valence-electron chi connectivity index (χ0n) is 33.9. The number of nitrogens with zero attached hydrogens (tertiary/aromatic N) is 5. The average molecular weight is 911 g/mol. The van der Waals surface area contributed by atoms with Crippen LogP contribution in [-0.2, 0) is 30.0 Å². The van der Waals surface area contributed by atoms with E-state index in [2.05, 4.69) is 25.1 Å². The van der Waals surface area contributed by atoms with Crippen molar-refractivity contribution in [2.75, 3.05) is 19.2 Å². The third-order valence-electron chi connectivity index (χ3n) is 8.91. The number of carbonyl (C=O) groups is 4. The number of esters is 1. The summed E-state index contributed by atoms with van der Waals surface area (Å²) < 4.78 is 98.3. The minimum absolute atomic E-state index is 0.0538. The van der Waals surface area contributed by atoms with E-state index >= 15 is 4.39 Å². The Bertz CT molecular complexity index is 2770. The molecule has 334 valence electrons. The number of ether oxygens (including phenoxy) is 4. The van der Waals surface area contributed by atoms with Gasteiger partial charge in [-0.05, 0) is 74.0 Å². The summed E-state index contributed by atoms with van der Waals surface area (Å²) in [5.41, 5.74) is 0.407. The highest BCUT2D eigenvalue weighted by Crippen LogP contribution is 2.47. The Morgan fingerprint density at radius 1 is 0.969 bits per heavy atom. The lowest BCUT2D eigenvalue weighted by Gasteiger charge is -2.28. The van der Waals surface area contributed by atoms with E-state index in [9.17, 15) is 41.8 Å². The molecule has 3 aromatic heterocycles. The van der Waals surface area contributed by atoms with Gasteiger partial charge in [-0.3, -0.25) is 24.0 Å². The average Bonchev–Trinajstić information content (AvgIpc) is 3.64. The predicted molar refractivity (Wildman–Crippen MR) is 214 cm³/mol. The zero-order chi connectivity index (χ0) is 46.3. The van der Waals surface area contributed by atoms with Crippen LogP contribution in [0.4, 0.5) is 28.2 Å². The zero-order valence-corrected chi connectivity index (χ0v) is 34.8. The van der Waals surface area contributed by atoms with Crippen molar-refractivity contribution in [3.63, 3.8) is 0 Å². The summed E-state index contributed by atoms with van der Waals surface area (Å²) in [4.78, 5) is 71.9. The second kappa shape index (κ2) is 19.3. The molecule has 2 unspecified atom stereocenters. The maximum Gasteiger partial charge on any atom is 0.573 e. The van der Waals surface area contributed by atoms with Gasteiger partial charge in [-0.2, -0.15) is 5.10 Å². The molecule has 23 heteroatoms. The van der Waals surface area contributed by atoms with Gasteiger partial charge < -0.3 is 28.8 Å². The number of aromatic nitrogens is 4. The number of halogens is 4. The van der Waals surface area contributed by atoms with Crippen molar-refractivity contribution in [2.24, 2.45) is 0 Å². The van der Waals surface area contributed by atoms with Gasteiger partial charge in [0.2, 0.25) is 12.7 Å². The molecule has 0 aliphatic heterocycles. The summed E-state index contributed by atoms with van der Waals surface area (Å²) in [6.45, 7) is 2.43. The monoisotopic (exact) mass is 910 g/mol. The van der Waals surface area contributed by atoms with Gasteiger partial charge in [-0.15, -0.1) is 13.2 Å². The molecule has 0 aliphatic carbocycles. The normalized spacial score (nSPS) is 12.7. The molecule has 0 fully saturated rings. The first kappa shape index (κ1) is 46.1. The fourth-order valence-electron chi connectivity index (χ4n) is 5.93. The first-order valence-corrected chi connectivity index (χ1v) is 20.0. The van der Waals surface area contributed by atoms with E-state index in [1.165, 1.54) is 50.0 Å². The van der Waals surface area contributed by atoms with Crippen LogP contribution in [0.5, 0.6) is 17.2 Å². The van der Waals surface area contributed by atoms with E-state index in [1.807, 2.05) is 0 Å². The second-order valence-electron chi connectivity index (χ2n) is 13.4. The van der Waals surface area contributed by atoms with Crippen LogP contribution in [0, 0.1) is 12.7 Å². The van der Waals surface area contributed by atoms with Gasteiger partial charge in [0.1, 0.15) is 11.6 Å². The number of methoxy groups -OCH3 is 1. The molecule has 3 aromatic carbocycles. The maximum atomic E-state index is 15.3. The highest BCUT2D eigenvalue weighted by molar-refractivity contribution is 7.47. The number of benzene rings is 3. The summed E-state index contributed by atoms with van der Waals surface area (Å²) >= 11 is 0. The molecular formula is C41H35F4N6O12P. The minimum atomic E-state index is -5.17.